The number of nitriles is 1. The summed E-state index contributed by atoms with van der Waals surface area (Å²) >= 11 is 0. The molecule has 1 aliphatic rings. The van der Waals surface area contributed by atoms with Gasteiger partial charge in [0.1, 0.15) is 5.75 Å². The minimum absolute atomic E-state index is 0.0246. The van der Waals surface area contributed by atoms with Gasteiger partial charge in [-0.25, -0.2) is 8.42 Å². The molecule has 0 aromatic heterocycles. The van der Waals surface area contributed by atoms with Gasteiger partial charge in [0.15, 0.2) is 0 Å². The maximum atomic E-state index is 13.6. The lowest BCUT2D eigenvalue weighted by Gasteiger charge is -2.15. The van der Waals surface area contributed by atoms with Gasteiger partial charge in [0.25, 0.3) is 21.8 Å². The monoisotopic (exact) mass is 523 g/mol. The summed E-state index contributed by atoms with van der Waals surface area (Å²) in [7, 11) is -4.26. The molecular weight excluding hydrogens is 504 g/mol. The summed E-state index contributed by atoms with van der Waals surface area (Å²) in [5.74, 6) is -1.55. The second-order valence-corrected chi connectivity index (χ2v) is 9.66. The number of rotatable bonds is 8. The second kappa shape index (κ2) is 9.83. The SMILES string of the molecule is CC=CC(F)(F)Oc1ccc(S(=O)(=O)Nc2cccc3c2C(=O)N(Cc2cccc(C#N)c2)C3=O)cc1. The Hall–Kier alpha value is -4.56. The number of benzene rings is 3. The quantitative estimate of drug-likeness (QED) is 0.338. The number of fused-ring (bicyclic) bond motifs is 1. The smallest absolute Gasteiger partial charge is 0.419 e. The summed E-state index contributed by atoms with van der Waals surface area (Å²) in [5.41, 5.74) is 0.724. The number of sulfonamides is 1. The Morgan fingerprint density at radius 3 is 2.43 bits per heavy atom. The molecule has 8 nitrogen and oxygen atoms in total. The number of amides is 2. The standard InChI is InChI=1S/C26H19F2N3O5S/c1-2-13-26(27,28)36-19-9-11-20(12-10-19)37(34,35)30-22-8-4-7-21-23(22)25(33)31(24(21)32)16-18-6-3-5-17(14-18)15-29/h2-14,30H,16H2,1H3. The number of anilines is 1. The molecular formula is C26H19F2N3O5S. The molecule has 0 spiro atoms. The number of hydrogen-bond donors (Lipinski definition) is 1. The van der Waals surface area contributed by atoms with Crippen molar-refractivity contribution in [1.82, 2.24) is 4.90 Å². The molecule has 11 heteroatoms. The first-order valence-electron chi connectivity index (χ1n) is 10.9. The number of alkyl halides is 2. The predicted octanol–water partition coefficient (Wildman–Crippen LogP) is 4.70. The van der Waals surface area contributed by atoms with Crippen LogP contribution in [0.25, 0.3) is 0 Å². The van der Waals surface area contributed by atoms with Crippen molar-refractivity contribution in [2.24, 2.45) is 0 Å². The average Bonchev–Trinajstić information content (AvgIpc) is 3.09. The van der Waals surface area contributed by atoms with Crippen LogP contribution in [0.3, 0.4) is 0 Å². The number of nitrogens with zero attached hydrogens (tertiary/aromatic N) is 2. The van der Waals surface area contributed by atoms with Crippen molar-refractivity contribution in [2.75, 3.05) is 4.72 Å². The Balaban J connectivity index is 1.58. The number of hydrogen-bond acceptors (Lipinski definition) is 6. The Morgan fingerprint density at radius 2 is 1.76 bits per heavy atom. The van der Waals surface area contributed by atoms with Crippen LogP contribution in [-0.2, 0) is 16.6 Å². The third-order valence-electron chi connectivity index (χ3n) is 5.39. The van der Waals surface area contributed by atoms with Gasteiger partial charge in [-0.15, -0.1) is 0 Å². The Morgan fingerprint density at radius 1 is 1.05 bits per heavy atom. The number of halogens is 2. The van der Waals surface area contributed by atoms with Crippen LogP contribution in [0, 0.1) is 11.3 Å². The fourth-order valence-electron chi connectivity index (χ4n) is 3.76. The van der Waals surface area contributed by atoms with Gasteiger partial charge >= 0.3 is 6.11 Å². The van der Waals surface area contributed by atoms with E-state index in [0.717, 1.165) is 35.2 Å². The molecule has 0 fully saturated rings. The van der Waals surface area contributed by atoms with E-state index in [4.69, 9.17) is 5.26 Å². The van der Waals surface area contributed by atoms with Crippen molar-refractivity contribution in [1.29, 1.82) is 5.26 Å². The first-order chi connectivity index (χ1) is 17.5. The van der Waals surface area contributed by atoms with Crippen LogP contribution in [-0.4, -0.2) is 31.2 Å². The van der Waals surface area contributed by atoms with E-state index in [1.807, 2.05) is 6.07 Å². The summed E-state index contributed by atoms with van der Waals surface area (Å²) in [6, 6.07) is 16.9. The van der Waals surface area contributed by atoms with E-state index in [1.54, 1.807) is 24.3 Å². The fraction of sp³-hybridized carbons (Fsp3) is 0.115. The molecule has 1 N–H and O–H groups in total. The van der Waals surface area contributed by atoms with E-state index in [9.17, 15) is 26.8 Å². The zero-order valence-electron chi connectivity index (χ0n) is 19.3. The summed E-state index contributed by atoms with van der Waals surface area (Å²) in [5, 5.41) is 9.09. The van der Waals surface area contributed by atoms with E-state index >= 15 is 0 Å². The highest BCUT2D eigenvalue weighted by molar-refractivity contribution is 7.92. The molecule has 37 heavy (non-hydrogen) atoms. The van der Waals surface area contributed by atoms with E-state index < -0.39 is 27.9 Å². The van der Waals surface area contributed by atoms with Crippen LogP contribution in [0.1, 0.15) is 38.8 Å². The average molecular weight is 524 g/mol. The largest absolute Gasteiger partial charge is 0.429 e. The molecule has 0 saturated carbocycles. The Labute approximate surface area is 211 Å². The Kier molecular flexibility index (Phi) is 6.78. The molecule has 1 aliphatic heterocycles. The first kappa shape index (κ1) is 25.5. The van der Waals surface area contributed by atoms with Gasteiger partial charge in [-0.1, -0.05) is 24.3 Å². The van der Waals surface area contributed by atoms with E-state index in [1.165, 1.54) is 25.1 Å². The topological polar surface area (TPSA) is 117 Å². The van der Waals surface area contributed by atoms with Crippen molar-refractivity contribution >= 4 is 27.5 Å². The molecule has 0 unspecified atom stereocenters. The summed E-state index contributed by atoms with van der Waals surface area (Å²) in [6.07, 6.45) is -1.89. The number of allylic oxidation sites excluding steroid dienone is 1. The predicted molar refractivity (Wildman–Crippen MR) is 129 cm³/mol. The minimum Gasteiger partial charge on any atom is -0.429 e. The lowest BCUT2D eigenvalue weighted by Crippen LogP contribution is -2.29. The zero-order chi connectivity index (χ0) is 26.8. The number of imide groups is 1. The van der Waals surface area contributed by atoms with Crippen molar-refractivity contribution in [3.8, 4) is 11.8 Å². The van der Waals surface area contributed by atoms with Crippen LogP contribution in [0.15, 0.2) is 83.8 Å². The van der Waals surface area contributed by atoms with Crippen LogP contribution < -0.4 is 9.46 Å². The van der Waals surface area contributed by atoms with E-state index in [2.05, 4.69) is 9.46 Å². The summed E-state index contributed by atoms with van der Waals surface area (Å²) in [6.45, 7) is 1.30. The number of nitrogens with one attached hydrogen (secondary N) is 1. The number of carbonyl (C=O) groups is 2. The highest BCUT2D eigenvalue weighted by atomic mass is 32.2. The highest BCUT2D eigenvalue weighted by Gasteiger charge is 2.38. The van der Waals surface area contributed by atoms with Gasteiger partial charge in [0.2, 0.25) is 0 Å². The lowest BCUT2D eigenvalue weighted by atomic mass is 10.1. The highest BCUT2D eigenvalue weighted by Crippen LogP contribution is 2.32. The van der Waals surface area contributed by atoms with Crippen molar-refractivity contribution in [3.05, 3.63) is 101 Å². The third-order valence-corrected chi connectivity index (χ3v) is 6.77. The van der Waals surface area contributed by atoms with Crippen molar-refractivity contribution < 1.29 is 31.5 Å². The number of ether oxygens (including phenoxy) is 1. The summed E-state index contributed by atoms with van der Waals surface area (Å²) in [4.78, 5) is 26.8. The molecule has 0 bridgehead atoms. The molecule has 2 amide bonds. The van der Waals surface area contributed by atoms with Crippen LogP contribution in [0.4, 0.5) is 14.5 Å². The van der Waals surface area contributed by atoms with Gasteiger partial charge in [-0.2, -0.15) is 14.0 Å². The normalized spacial score (nSPS) is 13.5. The molecule has 0 aliphatic carbocycles. The minimum atomic E-state index is -4.26. The molecule has 3 aromatic carbocycles. The van der Waals surface area contributed by atoms with Gasteiger partial charge < -0.3 is 4.74 Å². The van der Waals surface area contributed by atoms with Gasteiger partial charge in [0, 0.05) is 6.08 Å². The third kappa shape index (κ3) is 5.34. The van der Waals surface area contributed by atoms with Crippen molar-refractivity contribution in [2.45, 2.75) is 24.5 Å². The first-order valence-corrected chi connectivity index (χ1v) is 12.3. The number of carbonyl (C=O) groups excluding carboxylic acids is 2. The molecule has 1 heterocycles. The van der Waals surface area contributed by atoms with Crippen molar-refractivity contribution in [3.63, 3.8) is 0 Å². The Bertz CT molecular complexity index is 1560. The molecule has 188 valence electrons. The summed E-state index contributed by atoms with van der Waals surface area (Å²) < 4.78 is 60.0. The van der Waals surface area contributed by atoms with Crippen LogP contribution in [0.5, 0.6) is 5.75 Å². The maximum Gasteiger partial charge on any atom is 0.419 e. The molecule has 3 aromatic rings. The van der Waals surface area contributed by atoms with E-state index in [0.29, 0.717) is 17.2 Å². The van der Waals surface area contributed by atoms with E-state index in [-0.39, 0.29) is 34.0 Å². The zero-order valence-corrected chi connectivity index (χ0v) is 20.1. The maximum absolute atomic E-state index is 13.6. The van der Waals surface area contributed by atoms with Gasteiger partial charge in [-0.3, -0.25) is 19.2 Å². The second-order valence-electron chi connectivity index (χ2n) is 7.98. The molecule has 4 rings (SSSR count). The van der Waals surface area contributed by atoms with Crippen LogP contribution in [0.2, 0.25) is 0 Å². The molecule has 0 atom stereocenters. The fourth-order valence-corrected chi connectivity index (χ4v) is 4.83. The molecule has 0 saturated heterocycles. The lowest BCUT2D eigenvalue weighted by molar-refractivity contribution is -0.131. The molecule has 0 radical (unpaired) electrons. The van der Waals surface area contributed by atoms with Gasteiger partial charge in [0.05, 0.1) is 39.9 Å². The van der Waals surface area contributed by atoms with Gasteiger partial charge in [-0.05, 0) is 61.0 Å². The van der Waals surface area contributed by atoms with Crippen LogP contribution >= 0.6 is 0 Å².